The van der Waals surface area contributed by atoms with E-state index in [-0.39, 0.29) is 22.7 Å². The zero-order chi connectivity index (χ0) is 15.5. The number of ether oxygens (including phenoxy) is 2. The molecule has 2 rings (SSSR count). The molecule has 3 N–H and O–H groups in total. The number of hydrogen-bond donors (Lipinski definition) is 2. The van der Waals surface area contributed by atoms with Gasteiger partial charge in [0.05, 0.1) is 18.2 Å². The molecule has 1 saturated heterocycles. The quantitative estimate of drug-likeness (QED) is 0.877. The zero-order valence-electron chi connectivity index (χ0n) is 13.0. The minimum atomic E-state index is -0.366. The van der Waals surface area contributed by atoms with Crippen LogP contribution in [0.5, 0.6) is 5.75 Å². The van der Waals surface area contributed by atoms with Gasteiger partial charge in [0.2, 0.25) is 0 Å². The third-order valence-corrected chi connectivity index (χ3v) is 4.44. The number of hydrogen-bond acceptors (Lipinski definition) is 4. The molecule has 0 aliphatic carbocycles. The molecular weight excluding hydrogens is 271 g/mol. The molecule has 0 spiro atoms. The highest BCUT2D eigenvalue weighted by Gasteiger charge is 2.41. The van der Waals surface area contributed by atoms with Gasteiger partial charge in [-0.1, -0.05) is 6.92 Å². The summed E-state index contributed by atoms with van der Waals surface area (Å²) in [5.41, 5.74) is 6.46. The van der Waals surface area contributed by atoms with Crippen molar-refractivity contribution in [1.29, 1.82) is 0 Å². The molecule has 1 aromatic rings. The first-order chi connectivity index (χ1) is 9.96. The second-order valence-corrected chi connectivity index (χ2v) is 6.04. The standard InChI is InChI=1S/C16H25FN2O2/c1-4-15(2)10-16(11-18,7-8-21-15)19-12-5-6-13(17)14(9-12)20-3/h5-6,9,19H,4,7-8,10-11,18H2,1-3H3. The van der Waals surface area contributed by atoms with Gasteiger partial charge in [-0.15, -0.1) is 0 Å². The van der Waals surface area contributed by atoms with Crippen LogP contribution >= 0.6 is 0 Å². The third-order valence-electron chi connectivity index (χ3n) is 4.44. The molecule has 1 aliphatic heterocycles. The predicted molar refractivity (Wildman–Crippen MR) is 82.2 cm³/mol. The second kappa shape index (κ2) is 6.20. The smallest absolute Gasteiger partial charge is 0.165 e. The number of nitrogens with one attached hydrogen (secondary N) is 1. The Kier molecular flexibility index (Phi) is 4.74. The van der Waals surface area contributed by atoms with Crippen LogP contribution in [0.25, 0.3) is 0 Å². The van der Waals surface area contributed by atoms with E-state index in [4.69, 9.17) is 15.2 Å². The van der Waals surface area contributed by atoms with Gasteiger partial charge < -0.3 is 20.5 Å². The van der Waals surface area contributed by atoms with Crippen LogP contribution < -0.4 is 15.8 Å². The number of benzene rings is 1. The Hall–Kier alpha value is -1.33. The van der Waals surface area contributed by atoms with Crippen LogP contribution in [-0.2, 0) is 4.74 Å². The lowest BCUT2D eigenvalue weighted by molar-refractivity contribution is -0.0882. The van der Waals surface area contributed by atoms with Crippen molar-refractivity contribution in [1.82, 2.24) is 0 Å². The topological polar surface area (TPSA) is 56.5 Å². The molecule has 1 aromatic carbocycles. The van der Waals surface area contributed by atoms with Crippen LogP contribution in [-0.4, -0.2) is 31.4 Å². The lowest BCUT2D eigenvalue weighted by Gasteiger charge is -2.46. The van der Waals surface area contributed by atoms with Crippen LogP contribution in [0.1, 0.15) is 33.1 Å². The normalized spacial score (nSPS) is 29.2. The van der Waals surface area contributed by atoms with E-state index in [1.165, 1.54) is 13.2 Å². The van der Waals surface area contributed by atoms with Crippen molar-refractivity contribution < 1.29 is 13.9 Å². The lowest BCUT2D eigenvalue weighted by atomic mass is 9.79. The lowest BCUT2D eigenvalue weighted by Crippen LogP contribution is -2.55. The molecule has 4 nitrogen and oxygen atoms in total. The monoisotopic (exact) mass is 296 g/mol. The summed E-state index contributed by atoms with van der Waals surface area (Å²) in [6.07, 6.45) is 2.59. The van der Waals surface area contributed by atoms with Gasteiger partial charge >= 0.3 is 0 Å². The van der Waals surface area contributed by atoms with E-state index in [0.29, 0.717) is 13.2 Å². The Morgan fingerprint density at radius 3 is 2.86 bits per heavy atom. The Labute approximate surface area is 125 Å². The van der Waals surface area contributed by atoms with Crippen LogP contribution in [0, 0.1) is 5.82 Å². The van der Waals surface area contributed by atoms with Gasteiger partial charge in [-0.3, -0.25) is 0 Å². The molecule has 0 bridgehead atoms. The van der Waals surface area contributed by atoms with E-state index >= 15 is 0 Å². The summed E-state index contributed by atoms with van der Waals surface area (Å²) < 4.78 is 24.4. The van der Waals surface area contributed by atoms with Gasteiger partial charge in [0.15, 0.2) is 11.6 Å². The van der Waals surface area contributed by atoms with Crippen molar-refractivity contribution in [3.8, 4) is 5.75 Å². The highest BCUT2D eigenvalue weighted by molar-refractivity contribution is 5.51. The van der Waals surface area contributed by atoms with Gasteiger partial charge in [0, 0.05) is 31.3 Å². The van der Waals surface area contributed by atoms with E-state index in [1.807, 2.05) is 0 Å². The Balaban J connectivity index is 2.22. The van der Waals surface area contributed by atoms with Crippen molar-refractivity contribution in [3.63, 3.8) is 0 Å². The summed E-state index contributed by atoms with van der Waals surface area (Å²) in [7, 11) is 1.46. The SMILES string of the molecule is CCC1(C)CC(CN)(Nc2ccc(F)c(OC)c2)CCO1. The van der Waals surface area contributed by atoms with Crippen LogP contribution in [0.4, 0.5) is 10.1 Å². The Morgan fingerprint density at radius 2 is 2.24 bits per heavy atom. The minimum Gasteiger partial charge on any atom is -0.494 e. The maximum absolute atomic E-state index is 13.5. The van der Waals surface area contributed by atoms with Gasteiger partial charge in [0.25, 0.3) is 0 Å². The summed E-state index contributed by atoms with van der Waals surface area (Å²) in [5, 5.41) is 3.48. The molecule has 5 heteroatoms. The molecule has 2 atom stereocenters. The molecule has 1 fully saturated rings. The van der Waals surface area contributed by atoms with Gasteiger partial charge in [-0.2, -0.15) is 0 Å². The fourth-order valence-electron chi connectivity index (χ4n) is 2.95. The Morgan fingerprint density at radius 1 is 1.48 bits per heavy atom. The fourth-order valence-corrected chi connectivity index (χ4v) is 2.95. The van der Waals surface area contributed by atoms with E-state index in [0.717, 1.165) is 24.9 Å². The minimum absolute atomic E-state index is 0.172. The first kappa shape index (κ1) is 16.0. The average molecular weight is 296 g/mol. The van der Waals surface area contributed by atoms with E-state index in [1.54, 1.807) is 12.1 Å². The van der Waals surface area contributed by atoms with Crippen molar-refractivity contribution in [2.45, 2.75) is 44.2 Å². The average Bonchev–Trinajstić information content (AvgIpc) is 2.49. The highest BCUT2D eigenvalue weighted by Crippen LogP contribution is 2.37. The molecule has 1 aliphatic rings. The summed E-state index contributed by atoms with van der Waals surface area (Å²) >= 11 is 0. The van der Waals surface area contributed by atoms with Crippen LogP contribution in [0.3, 0.4) is 0 Å². The molecule has 1 heterocycles. The molecule has 0 radical (unpaired) electrons. The molecule has 0 amide bonds. The Bertz CT molecular complexity index is 497. The van der Waals surface area contributed by atoms with Crippen LogP contribution in [0.2, 0.25) is 0 Å². The fraction of sp³-hybridized carbons (Fsp3) is 0.625. The second-order valence-electron chi connectivity index (χ2n) is 6.04. The van der Waals surface area contributed by atoms with E-state index in [9.17, 15) is 4.39 Å². The molecule has 118 valence electrons. The van der Waals surface area contributed by atoms with Gasteiger partial charge in [-0.05, 0) is 31.9 Å². The zero-order valence-corrected chi connectivity index (χ0v) is 13.0. The first-order valence-electron chi connectivity index (χ1n) is 7.42. The summed E-state index contributed by atoms with van der Waals surface area (Å²) in [6, 6.07) is 4.79. The molecular formula is C16H25FN2O2. The number of halogens is 1. The largest absolute Gasteiger partial charge is 0.494 e. The van der Waals surface area contributed by atoms with Crippen molar-refractivity contribution >= 4 is 5.69 Å². The third kappa shape index (κ3) is 3.47. The predicted octanol–water partition coefficient (Wildman–Crippen LogP) is 2.92. The number of anilines is 1. The van der Waals surface area contributed by atoms with E-state index < -0.39 is 0 Å². The van der Waals surface area contributed by atoms with Gasteiger partial charge in [-0.25, -0.2) is 4.39 Å². The highest BCUT2D eigenvalue weighted by atomic mass is 19.1. The van der Waals surface area contributed by atoms with Crippen LogP contribution in [0.15, 0.2) is 18.2 Å². The van der Waals surface area contributed by atoms with E-state index in [2.05, 4.69) is 19.2 Å². The maximum atomic E-state index is 13.5. The summed E-state index contributed by atoms with van der Waals surface area (Å²) in [4.78, 5) is 0. The number of rotatable bonds is 5. The van der Waals surface area contributed by atoms with Crippen molar-refractivity contribution in [2.24, 2.45) is 5.73 Å². The molecule has 2 unspecified atom stereocenters. The summed E-state index contributed by atoms with van der Waals surface area (Å²) in [5.74, 6) is -0.132. The number of nitrogens with two attached hydrogens (primary N) is 1. The van der Waals surface area contributed by atoms with Crippen molar-refractivity contribution in [2.75, 3.05) is 25.6 Å². The summed E-state index contributed by atoms with van der Waals surface area (Å²) in [6.45, 7) is 5.41. The molecule has 0 saturated carbocycles. The molecule has 0 aromatic heterocycles. The first-order valence-corrected chi connectivity index (χ1v) is 7.42. The van der Waals surface area contributed by atoms with Gasteiger partial charge in [0.1, 0.15) is 0 Å². The maximum Gasteiger partial charge on any atom is 0.165 e. The molecule has 21 heavy (non-hydrogen) atoms. The number of methoxy groups -OCH3 is 1. The van der Waals surface area contributed by atoms with Crippen molar-refractivity contribution in [3.05, 3.63) is 24.0 Å².